The Morgan fingerprint density at radius 2 is 1.55 bits per heavy atom. The lowest BCUT2D eigenvalue weighted by atomic mass is 10.0. The molecule has 7 heteroatoms. The van der Waals surface area contributed by atoms with Crippen molar-refractivity contribution in [2.45, 2.75) is 32.4 Å². The maximum atomic E-state index is 13.4. The first-order chi connectivity index (χ1) is 14.8. The molecule has 2 amide bonds. The van der Waals surface area contributed by atoms with Crippen LogP contribution in [-0.2, 0) is 9.53 Å². The molecule has 166 valence electrons. The Morgan fingerprint density at radius 1 is 0.935 bits per heavy atom. The van der Waals surface area contributed by atoms with Crippen LogP contribution in [0, 0.1) is 0 Å². The van der Waals surface area contributed by atoms with Crippen LogP contribution in [0.2, 0.25) is 0 Å². The summed E-state index contributed by atoms with van der Waals surface area (Å²) in [5.74, 6) is 0.471. The summed E-state index contributed by atoms with van der Waals surface area (Å²) in [6, 6.07) is 16.6. The number of rotatable bonds is 5. The van der Waals surface area contributed by atoms with E-state index >= 15 is 0 Å². The summed E-state index contributed by atoms with van der Waals surface area (Å²) >= 11 is 0. The number of methoxy groups -OCH3 is 1. The molecule has 1 atom stereocenters. The number of amides is 2. The standard InChI is InChI=1S/C24H31N3O4/c1-24(2,3)31-23(29)27-16-14-26(15-17-27)21(18-10-6-5-7-11-18)22(28)25-19-12-8-9-13-20(19)30-4/h5-13,21H,14-17H2,1-4H3,(H,25,28). The second kappa shape index (κ2) is 9.83. The molecule has 1 aliphatic heterocycles. The number of nitrogens with one attached hydrogen (secondary N) is 1. The van der Waals surface area contributed by atoms with Crippen molar-refractivity contribution in [2.24, 2.45) is 0 Å². The van der Waals surface area contributed by atoms with Crippen molar-refractivity contribution < 1.29 is 19.1 Å². The zero-order chi connectivity index (χ0) is 22.4. The normalized spacial score (nSPS) is 15.8. The van der Waals surface area contributed by atoms with Crippen molar-refractivity contribution in [1.29, 1.82) is 0 Å². The minimum atomic E-state index is -0.532. The third kappa shape index (κ3) is 5.98. The fourth-order valence-corrected chi connectivity index (χ4v) is 3.60. The highest BCUT2D eigenvalue weighted by Crippen LogP contribution is 2.28. The molecule has 7 nitrogen and oxygen atoms in total. The molecule has 0 saturated carbocycles. The van der Waals surface area contributed by atoms with Gasteiger partial charge in [-0.25, -0.2) is 4.79 Å². The summed E-state index contributed by atoms with van der Waals surface area (Å²) in [5, 5.41) is 3.01. The predicted molar refractivity (Wildman–Crippen MR) is 120 cm³/mol. The second-order valence-corrected chi connectivity index (χ2v) is 8.51. The molecule has 0 spiro atoms. The summed E-state index contributed by atoms with van der Waals surface area (Å²) in [4.78, 5) is 29.6. The molecule has 1 saturated heterocycles. The molecule has 0 bridgehead atoms. The largest absolute Gasteiger partial charge is 0.495 e. The minimum absolute atomic E-state index is 0.138. The molecule has 1 heterocycles. The van der Waals surface area contributed by atoms with Crippen molar-refractivity contribution in [3.63, 3.8) is 0 Å². The van der Waals surface area contributed by atoms with Crippen molar-refractivity contribution in [1.82, 2.24) is 9.80 Å². The van der Waals surface area contributed by atoms with Crippen LogP contribution in [-0.4, -0.2) is 60.7 Å². The van der Waals surface area contributed by atoms with Crippen LogP contribution in [0.4, 0.5) is 10.5 Å². The average molecular weight is 426 g/mol. The van der Waals surface area contributed by atoms with Crippen LogP contribution in [0.25, 0.3) is 0 Å². The van der Waals surface area contributed by atoms with Crippen LogP contribution < -0.4 is 10.1 Å². The molecular formula is C24H31N3O4. The quantitative estimate of drug-likeness (QED) is 0.786. The van der Waals surface area contributed by atoms with Crippen molar-refractivity contribution >= 4 is 17.7 Å². The van der Waals surface area contributed by atoms with Crippen LogP contribution >= 0.6 is 0 Å². The zero-order valence-electron chi connectivity index (χ0n) is 18.6. The molecule has 2 aromatic carbocycles. The molecule has 31 heavy (non-hydrogen) atoms. The lowest BCUT2D eigenvalue weighted by Gasteiger charge is -2.39. The monoisotopic (exact) mass is 425 g/mol. The number of ether oxygens (including phenoxy) is 2. The highest BCUT2D eigenvalue weighted by Gasteiger charge is 2.33. The van der Waals surface area contributed by atoms with E-state index in [0.717, 1.165) is 5.56 Å². The number of hydrogen-bond donors (Lipinski definition) is 1. The van der Waals surface area contributed by atoms with E-state index in [-0.39, 0.29) is 12.0 Å². The van der Waals surface area contributed by atoms with Crippen molar-refractivity contribution in [3.05, 3.63) is 60.2 Å². The first-order valence-corrected chi connectivity index (χ1v) is 10.5. The smallest absolute Gasteiger partial charge is 0.410 e. The Kier molecular flexibility index (Phi) is 7.17. The Hall–Kier alpha value is -3.06. The van der Waals surface area contributed by atoms with Gasteiger partial charge in [0.25, 0.3) is 0 Å². The van der Waals surface area contributed by atoms with Gasteiger partial charge in [0.1, 0.15) is 17.4 Å². The SMILES string of the molecule is COc1ccccc1NC(=O)C(c1ccccc1)N1CCN(C(=O)OC(C)(C)C)CC1. The first kappa shape index (κ1) is 22.6. The summed E-state index contributed by atoms with van der Waals surface area (Å²) in [5.41, 5.74) is 0.999. The van der Waals surface area contributed by atoms with Gasteiger partial charge in [0.05, 0.1) is 12.8 Å². The highest BCUT2D eigenvalue weighted by atomic mass is 16.6. The van der Waals surface area contributed by atoms with Crippen molar-refractivity contribution in [2.75, 3.05) is 38.6 Å². The highest BCUT2D eigenvalue weighted by molar-refractivity contribution is 5.96. The molecule has 3 rings (SSSR count). The fourth-order valence-electron chi connectivity index (χ4n) is 3.60. The van der Waals surface area contributed by atoms with Gasteiger partial charge >= 0.3 is 6.09 Å². The molecule has 0 radical (unpaired) electrons. The number of carbonyl (C=O) groups is 2. The Balaban J connectivity index is 1.75. The molecule has 2 aromatic rings. The second-order valence-electron chi connectivity index (χ2n) is 8.51. The number of piperazine rings is 1. The molecule has 1 fully saturated rings. The molecule has 1 unspecified atom stereocenters. The van der Waals surface area contributed by atoms with E-state index in [4.69, 9.17) is 9.47 Å². The topological polar surface area (TPSA) is 71.1 Å². The van der Waals surface area contributed by atoms with Gasteiger partial charge in [-0.05, 0) is 38.5 Å². The number of hydrogen-bond acceptors (Lipinski definition) is 5. The van der Waals surface area contributed by atoms with Gasteiger partial charge in [0.15, 0.2) is 0 Å². The Labute approximate surface area is 183 Å². The molecule has 1 aliphatic rings. The van der Waals surface area contributed by atoms with Gasteiger partial charge in [-0.15, -0.1) is 0 Å². The number of para-hydroxylation sites is 2. The minimum Gasteiger partial charge on any atom is -0.495 e. The molecule has 0 aliphatic carbocycles. The van der Waals surface area contributed by atoms with Gasteiger partial charge in [0, 0.05) is 26.2 Å². The van der Waals surface area contributed by atoms with Gasteiger partial charge < -0.3 is 19.7 Å². The van der Waals surface area contributed by atoms with E-state index in [2.05, 4.69) is 10.2 Å². The number of nitrogens with zero attached hydrogens (tertiary/aromatic N) is 2. The van der Waals surface area contributed by atoms with Crippen LogP contribution in [0.3, 0.4) is 0 Å². The number of anilines is 1. The summed E-state index contributed by atoms with van der Waals surface area (Å²) < 4.78 is 10.9. The molecule has 0 aromatic heterocycles. The van der Waals surface area contributed by atoms with E-state index in [1.165, 1.54) is 0 Å². The zero-order valence-corrected chi connectivity index (χ0v) is 18.6. The van der Waals surface area contributed by atoms with Gasteiger partial charge in [-0.1, -0.05) is 42.5 Å². The summed E-state index contributed by atoms with van der Waals surface area (Å²) in [6.45, 7) is 7.70. The van der Waals surface area contributed by atoms with E-state index in [0.29, 0.717) is 37.6 Å². The maximum Gasteiger partial charge on any atom is 0.410 e. The average Bonchev–Trinajstić information content (AvgIpc) is 2.74. The third-order valence-electron chi connectivity index (χ3n) is 5.06. The number of carbonyl (C=O) groups excluding carboxylic acids is 2. The first-order valence-electron chi connectivity index (χ1n) is 10.5. The molecular weight excluding hydrogens is 394 g/mol. The van der Waals surface area contributed by atoms with Gasteiger partial charge in [-0.2, -0.15) is 0 Å². The third-order valence-corrected chi connectivity index (χ3v) is 5.06. The van der Waals surface area contributed by atoms with Gasteiger partial charge in [0.2, 0.25) is 5.91 Å². The lowest BCUT2D eigenvalue weighted by Crippen LogP contribution is -2.52. The van der Waals surface area contributed by atoms with Crippen molar-refractivity contribution in [3.8, 4) is 5.75 Å². The fraction of sp³-hybridized carbons (Fsp3) is 0.417. The maximum absolute atomic E-state index is 13.4. The van der Waals surface area contributed by atoms with Crippen LogP contribution in [0.1, 0.15) is 32.4 Å². The Morgan fingerprint density at radius 3 is 2.16 bits per heavy atom. The van der Waals surface area contributed by atoms with E-state index < -0.39 is 11.6 Å². The van der Waals surface area contributed by atoms with E-state index in [9.17, 15) is 9.59 Å². The van der Waals surface area contributed by atoms with Crippen LogP contribution in [0.15, 0.2) is 54.6 Å². The Bertz CT molecular complexity index is 887. The lowest BCUT2D eigenvalue weighted by molar-refractivity contribution is -0.122. The predicted octanol–water partition coefficient (Wildman–Crippen LogP) is 3.93. The summed E-state index contributed by atoms with van der Waals surface area (Å²) in [7, 11) is 1.58. The van der Waals surface area contributed by atoms with Crippen LogP contribution in [0.5, 0.6) is 5.75 Å². The summed E-state index contributed by atoms with van der Waals surface area (Å²) in [6.07, 6.45) is -0.318. The van der Waals surface area contributed by atoms with E-state index in [1.54, 1.807) is 12.0 Å². The van der Waals surface area contributed by atoms with Gasteiger partial charge in [-0.3, -0.25) is 9.69 Å². The van der Waals surface area contributed by atoms with E-state index in [1.807, 2.05) is 75.4 Å². The molecule has 1 N–H and O–H groups in total. The number of benzene rings is 2.